The Bertz CT molecular complexity index is 3930. The summed E-state index contributed by atoms with van der Waals surface area (Å²) in [5.74, 6) is 2.00. The molecule has 0 N–H and O–H groups in total. The third-order valence-corrected chi connectivity index (χ3v) is 14.6. The average Bonchev–Trinajstić information content (AvgIpc) is 4.06. The molecule has 0 radical (unpaired) electrons. The molecule has 8 aromatic carbocycles. The van der Waals surface area contributed by atoms with Crippen LogP contribution in [0.5, 0.6) is 11.5 Å². The van der Waals surface area contributed by atoms with E-state index in [1.807, 2.05) is 18.2 Å². The van der Waals surface area contributed by atoms with Gasteiger partial charge in [0.15, 0.2) is 0 Å². The predicted molar refractivity (Wildman–Crippen MR) is 316 cm³/mol. The van der Waals surface area contributed by atoms with Gasteiger partial charge in [-0.15, -0.1) is 29.7 Å². The number of ether oxygens (including phenoxy) is 1. The number of pyridine rings is 1. The van der Waals surface area contributed by atoms with Gasteiger partial charge in [0.05, 0.1) is 16.7 Å². The van der Waals surface area contributed by atoms with E-state index in [0.717, 1.165) is 78.7 Å². The quantitative estimate of drug-likeness (QED) is 0.107. The Morgan fingerprint density at radius 3 is 1.77 bits per heavy atom. The van der Waals surface area contributed by atoms with Crippen molar-refractivity contribution in [2.75, 3.05) is 0 Å². The van der Waals surface area contributed by atoms with Gasteiger partial charge in [-0.05, 0) is 101 Å². The normalized spacial score (nSPS) is 12.4. The minimum Gasteiger partial charge on any atom is -0.510 e. The second-order valence-electron chi connectivity index (χ2n) is 24.8. The number of nitrogens with zero attached hydrogens (tertiary/aromatic N) is 4. The van der Waals surface area contributed by atoms with Crippen molar-refractivity contribution in [3.05, 3.63) is 223 Å². The zero-order valence-electron chi connectivity index (χ0n) is 46.5. The average molecular weight is 1190 g/mol. The molecule has 0 atom stereocenters. The van der Waals surface area contributed by atoms with Gasteiger partial charge in [0.25, 0.3) is 6.33 Å². The van der Waals surface area contributed by atoms with Crippen LogP contribution >= 0.6 is 0 Å². The van der Waals surface area contributed by atoms with Crippen molar-refractivity contribution in [2.45, 2.75) is 106 Å². The minimum atomic E-state index is -0.0485. The molecule has 0 aliphatic heterocycles. The molecule has 0 aliphatic rings. The first-order valence-electron chi connectivity index (χ1n) is 26.7. The molecule has 0 spiro atoms. The van der Waals surface area contributed by atoms with Crippen LogP contribution in [0.1, 0.15) is 105 Å². The van der Waals surface area contributed by atoms with E-state index in [1.165, 1.54) is 33.4 Å². The van der Waals surface area contributed by atoms with Gasteiger partial charge in [0, 0.05) is 49.8 Å². The number of hydrogen-bond donors (Lipinski definition) is 0. The molecular weight excluding hydrogens is 1120 g/mol. The van der Waals surface area contributed by atoms with Crippen LogP contribution in [0.4, 0.5) is 0 Å². The molecule has 0 saturated heterocycles. The summed E-state index contributed by atoms with van der Waals surface area (Å²) >= 11 is 0. The van der Waals surface area contributed by atoms with E-state index in [0.29, 0.717) is 11.5 Å². The molecule has 0 aliphatic carbocycles. The molecule has 77 heavy (non-hydrogen) atoms. The van der Waals surface area contributed by atoms with Crippen LogP contribution in [0.25, 0.3) is 83.4 Å². The Hall–Kier alpha value is -7.33. The van der Waals surface area contributed by atoms with Crippen molar-refractivity contribution in [3.63, 3.8) is 0 Å². The molecule has 0 saturated carbocycles. The largest absolute Gasteiger partial charge is 0.510 e. The maximum absolute atomic E-state index is 6.79. The van der Waals surface area contributed by atoms with Gasteiger partial charge >= 0.3 is 0 Å². The molecule has 3 heterocycles. The minimum absolute atomic E-state index is 0. The van der Waals surface area contributed by atoms with Crippen LogP contribution in [0, 0.1) is 23.9 Å². The smallest absolute Gasteiger partial charge is 0.268 e. The molecule has 5 nitrogen and oxygen atoms in total. The zero-order valence-corrected chi connectivity index (χ0v) is 48.8. The summed E-state index contributed by atoms with van der Waals surface area (Å²) in [6.07, 6.45) is 6.80. The van der Waals surface area contributed by atoms with Crippen molar-refractivity contribution >= 4 is 32.8 Å². The third-order valence-electron chi connectivity index (χ3n) is 14.6. The van der Waals surface area contributed by atoms with Gasteiger partial charge in [-0.2, -0.15) is 18.2 Å². The van der Waals surface area contributed by atoms with E-state index in [4.69, 9.17) is 9.72 Å². The Labute approximate surface area is 470 Å². The van der Waals surface area contributed by atoms with E-state index in [9.17, 15) is 0 Å². The molecule has 11 rings (SSSR count). The number of fused-ring (bicyclic) bond motifs is 4. The van der Waals surface area contributed by atoms with Crippen LogP contribution in [0.3, 0.4) is 0 Å². The zero-order chi connectivity index (χ0) is 53.3. The molecule has 3 aromatic heterocycles. The molecule has 6 heteroatoms. The van der Waals surface area contributed by atoms with Gasteiger partial charge < -0.3 is 13.9 Å². The fourth-order valence-electron chi connectivity index (χ4n) is 10.6. The number of hydrogen-bond acceptors (Lipinski definition) is 2. The van der Waals surface area contributed by atoms with Crippen LogP contribution in [0.15, 0.2) is 182 Å². The third kappa shape index (κ3) is 10.6. The Kier molecular flexibility index (Phi) is 13.9. The van der Waals surface area contributed by atoms with Gasteiger partial charge in [0.2, 0.25) is 0 Å². The second kappa shape index (κ2) is 20.2. The van der Waals surface area contributed by atoms with Crippen molar-refractivity contribution < 1.29 is 30.4 Å². The Balaban J connectivity index is 0.00000672. The van der Waals surface area contributed by atoms with Crippen LogP contribution in [-0.2, 0) is 43.7 Å². The second-order valence-corrected chi connectivity index (χ2v) is 24.8. The first-order valence-corrected chi connectivity index (χ1v) is 26.7. The standard InChI is InChI=1S/C71H68N4O.Pt/c1-68(2,3)44-50-40-66(72-45-61(50)48-32-34-51(35-33-48)69(4,5)6)75-62-29-17-16-26-59(62)60-37-36-56(43-65(60)75)76-55-25-20-24-54(42-55)73-46-74(64-31-19-18-30-63(64)73)67-57(47-22-14-13-15-23-47)27-21-28-58(67)49-38-52(70(7,8)9)41-53(39-49)71(10,11)12;/h13-41,45H,44H2,1-12H3;/q-2;. The number of para-hydroxylation sites is 4. The topological polar surface area (TPSA) is 35.9 Å². The van der Waals surface area contributed by atoms with Gasteiger partial charge in [-0.25, -0.2) is 4.98 Å². The van der Waals surface area contributed by atoms with Crippen molar-refractivity contribution in [3.8, 4) is 62.1 Å². The molecule has 11 aromatic rings. The summed E-state index contributed by atoms with van der Waals surface area (Å²) in [5, 5.41) is 2.21. The van der Waals surface area contributed by atoms with Crippen molar-refractivity contribution in [1.29, 1.82) is 0 Å². The van der Waals surface area contributed by atoms with Crippen LogP contribution in [0.2, 0.25) is 0 Å². The van der Waals surface area contributed by atoms with E-state index in [1.54, 1.807) is 0 Å². The molecule has 0 bridgehead atoms. The van der Waals surface area contributed by atoms with Crippen molar-refractivity contribution in [2.24, 2.45) is 5.41 Å². The van der Waals surface area contributed by atoms with E-state index < -0.39 is 0 Å². The van der Waals surface area contributed by atoms with Gasteiger partial charge in [0.1, 0.15) is 5.82 Å². The fourth-order valence-corrected chi connectivity index (χ4v) is 10.6. The summed E-state index contributed by atoms with van der Waals surface area (Å²) in [7, 11) is 0. The van der Waals surface area contributed by atoms with Gasteiger partial charge in [-0.3, -0.25) is 4.57 Å². The summed E-state index contributed by atoms with van der Waals surface area (Å²) in [4.78, 5) is 5.23. The summed E-state index contributed by atoms with van der Waals surface area (Å²) in [6, 6.07) is 70.5. The summed E-state index contributed by atoms with van der Waals surface area (Å²) in [6.45, 7) is 27.5. The molecule has 0 unspecified atom stereocenters. The Morgan fingerprint density at radius 2 is 1.09 bits per heavy atom. The van der Waals surface area contributed by atoms with E-state index in [2.05, 4.69) is 279 Å². The van der Waals surface area contributed by atoms with E-state index in [-0.39, 0.29) is 42.7 Å². The SMILES string of the molecule is CC(C)(C)Cc1cc(-n2c3[c-]c(Oc4[c-]c(-n5[c-][n+](-c6c(-c7ccccc7)cccc6-c6cc(C(C)(C)C)cc(C(C)(C)C)c6)c6ccccc65)ccc4)ccc3c3ccccc32)ncc1-c1ccc(C(C)(C)C)cc1.[Pt]. The molecule has 0 amide bonds. The van der Waals surface area contributed by atoms with Crippen LogP contribution in [-0.4, -0.2) is 14.1 Å². The molecule has 0 fully saturated rings. The Morgan fingerprint density at radius 1 is 0.494 bits per heavy atom. The first kappa shape index (κ1) is 53.1. The summed E-state index contributed by atoms with van der Waals surface area (Å²) < 4.78 is 13.4. The molecular formula is C71H68N4OPt-2. The van der Waals surface area contributed by atoms with Crippen molar-refractivity contribution in [1.82, 2.24) is 14.1 Å². The van der Waals surface area contributed by atoms with Gasteiger partial charge in [-0.1, -0.05) is 222 Å². The summed E-state index contributed by atoms with van der Waals surface area (Å²) in [5.41, 5.74) is 17.9. The fraction of sp³-hybridized carbons (Fsp3) is 0.239. The number of aromatic nitrogens is 4. The first-order chi connectivity index (χ1) is 36.2. The number of benzene rings is 8. The van der Waals surface area contributed by atoms with E-state index >= 15 is 0 Å². The maximum atomic E-state index is 6.79. The number of imidazole rings is 1. The monoisotopic (exact) mass is 1190 g/mol. The molecule has 390 valence electrons. The number of rotatable bonds is 9. The van der Waals surface area contributed by atoms with Crippen LogP contribution < -0.4 is 9.30 Å². The predicted octanol–water partition coefficient (Wildman–Crippen LogP) is 18.1. The maximum Gasteiger partial charge on any atom is 0.268 e.